The molecule has 2 aliphatic heterocycles. The lowest BCUT2D eigenvalue weighted by atomic mass is 10.2. The first kappa shape index (κ1) is 5.30. The van der Waals surface area contributed by atoms with E-state index in [-0.39, 0.29) is 0 Å². The monoisotopic (exact) mass is 124 g/mol. The molecule has 0 aliphatic carbocycles. The first-order valence-electron chi connectivity index (χ1n) is 3.67. The Hall–Kier alpha value is -0.500. The van der Waals surface area contributed by atoms with Crippen LogP contribution < -0.4 is 5.43 Å². The van der Waals surface area contributed by atoms with E-state index in [0.717, 1.165) is 6.54 Å². The van der Waals surface area contributed by atoms with Crippen LogP contribution in [0.3, 0.4) is 0 Å². The molecule has 2 rings (SSSR count). The average molecular weight is 124 g/mol. The van der Waals surface area contributed by atoms with Crippen molar-refractivity contribution < 1.29 is 0 Å². The maximum atomic E-state index is 3.35. The number of nitrogens with one attached hydrogen (secondary N) is 1. The molecule has 0 radical (unpaired) electrons. The number of hydrogen-bond acceptors (Lipinski definition) is 2. The van der Waals surface area contributed by atoms with Crippen LogP contribution in [0.4, 0.5) is 0 Å². The standard InChI is InChI=1S/C7H12N2/c1-3-7-4-2-6-9(7)8-5-1/h3,8H,1-2,4-6H2. The van der Waals surface area contributed by atoms with E-state index in [0.29, 0.717) is 0 Å². The van der Waals surface area contributed by atoms with Crippen LogP contribution in [0, 0.1) is 0 Å². The Balaban J connectivity index is 2.16. The largest absolute Gasteiger partial charge is 0.313 e. The summed E-state index contributed by atoms with van der Waals surface area (Å²) in [6.07, 6.45) is 6.18. The highest BCUT2D eigenvalue weighted by atomic mass is 15.5. The van der Waals surface area contributed by atoms with Gasteiger partial charge in [-0.2, -0.15) is 0 Å². The molecule has 0 atom stereocenters. The Kier molecular flexibility index (Phi) is 1.19. The Morgan fingerprint density at radius 3 is 3.44 bits per heavy atom. The fourth-order valence-electron chi connectivity index (χ4n) is 1.53. The van der Waals surface area contributed by atoms with Gasteiger partial charge < -0.3 is 5.01 Å². The van der Waals surface area contributed by atoms with E-state index in [4.69, 9.17) is 0 Å². The molecule has 2 heteroatoms. The molecule has 9 heavy (non-hydrogen) atoms. The Labute approximate surface area is 55.5 Å². The molecule has 2 aliphatic rings. The van der Waals surface area contributed by atoms with Crippen molar-refractivity contribution >= 4 is 0 Å². The Morgan fingerprint density at radius 1 is 1.56 bits per heavy atom. The van der Waals surface area contributed by atoms with Crippen molar-refractivity contribution in [3.8, 4) is 0 Å². The SMILES string of the molecule is C1=C2CCCN2NCC1. The second-order valence-corrected chi connectivity index (χ2v) is 2.65. The van der Waals surface area contributed by atoms with Gasteiger partial charge in [-0.15, -0.1) is 0 Å². The molecule has 0 unspecified atom stereocenters. The third-order valence-corrected chi connectivity index (χ3v) is 1.99. The summed E-state index contributed by atoms with van der Waals surface area (Å²) in [6, 6.07) is 0. The number of hydrogen-bond donors (Lipinski definition) is 1. The molecule has 2 heterocycles. The summed E-state index contributed by atoms with van der Waals surface area (Å²) in [4.78, 5) is 0. The van der Waals surface area contributed by atoms with E-state index in [1.807, 2.05) is 0 Å². The maximum absolute atomic E-state index is 3.35. The smallest absolute Gasteiger partial charge is 0.0344 e. The second-order valence-electron chi connectivity index (χ2n) is 2.65. The second kappa shape index (κ2) is 2.03. The zero-order valence-electron chi connectivity index (χ0n) is 5.56. The first-order chi connectivity index (χ1) is 4.47. The summed E-state index contributed by atoms with van der Waals surface area (Å²) < 4.78 is 0. The molecular formula is C7H12N2. The summed E-state index contributed by atoms with van der Waals surface area (Å²) in [7, 11) is 0. The molecule has 0 spiro atoms. The number of rotatable bonds is 0. The van der Waals surface area contributed by atoms with E-state index in [1.165, 1.54) is 31.5 Å². The predicted molar refractivity (Wildman–Crippen MR) is 36.6 cm³/mol. The van der Waals surface area contributed by atoms with Crippen molar-refractivity contribution in [2.45, 2.75) is 19.3 Å². The van der Waals surface area contributed by atoms with Gasteiger partial charge in [0.25, 0.3) is 0 Å². The molecule has 0 bridgehead atoms. The molecule has 0 amide bonds. The fraction of sp³-hybridized carbons (Fsp3) is 0.714. The minimum atomic E-state index is 1.13. The van der Waals surface area contributed by atoms with Gasteiger partial charge in [-0.05, 0) is 19.3 Å². The third kappa shape index (κ3) is 0.833. The summed E-state index contributed by atoms with van der Waals surface area (Å²) in [5.41, 5.74) is 4.86. The molecule has 0 saturated carbocycles. The Bertz CT molecular complexity index is 140. The molecule has 1 fully saturated rings. The number of allylic oxidation sites excluding steroid dienone is 1. The lowest BCUT2D eigenvalue weighted by Gasteiger charge is -2.24. The predicted octanol–water partition coefficient (Wildman–Crippen LogP) is 0.874. The van der Waals surface area contributed by atoms with Crippen LogP contribution in [0.15, 0.2) is 11.8 Å². The zero-order valence-corrected chi connectivity index (χ0v) is 5.56. The highest BCUT2D eigenvalue weighted by molar-refractivity contribution is 5.06. The van der Waals surface area contributed by atoms with Crippen molar-refractivity contribution in [2.75, 3.05) is 13.1 Å². The van der Waals surface area contributed by atoms with Gasteiger partial charge in [0.15, 0.2) is 0 Å². The lowest BCUT2D eigenvalue weighted by molar-refractivity contribution is 0.268. The van der Waals surface area contributed by atoms with Crippen LogP contribution in [0.25, 0.3) is 0 Å². The number of nitrogens with zero attached hydrogens (tertiary/aromatic N) is 1. The van der Waals surface area contributed by atoms with Gasteiger partial charge in [0.2, 0.25) is 0 Å². The highest BCUT2D eigenvalue weighted by Gasteiger charge is 2.17. The van der Waals surface area contributed by atoms with Crippen LogP contribution >= 0.6 is 0 Å². The first-order valence-corrected chi connectivity index (χ1v) is 3.67. The van der Waals surface area contributed by atoms with E-state index in [9.17, 15) is 0 Å². The fourth-order valence-corrected chi connectivity index (χ4v) is 1.53. The van der Waals surface area contributed by atoms with E-state index < -0.39 is 0 Å². The molecule has 0 aromatic carbocycles. The molecule has 1 N–H and O–H groups in total. The summed E-state index contributed by atoms with van der Waals surface area (Å²) in [5, 5.41) is 2.28. The maximum Gasteiger partial charge on any atom is 0.0344 e. The molecule has 50 valence electrons. The normalized spacial score (nSPS) is 25.8. The van der Waals surface area contributed by atoms with Gasteiger partial charge in [0.05, 0.1) is 0 Å². The highest BCUT2D eigenvalue weighted by Crippen LogP contribution is 2.20. The van der Waals surface area contributed by atoms with Crippen LogP contribution in [-0.2, 0) is 0 Å². The third-order valence-electron chi connectivity index (χ3n) is 1.99. The van der Waals surface area contributed by atoms with Gasteiger partial charge in [-0.25, -0.2) is 5.43 Å². The van der Waals surface area contributed by atoms with Crippen LogP contribution in [-0.4, -0.2) is 18.1 Å². The lowest BCUT2D eigenvalue weighted by Crippen LogP contribution is -2.37. The van der Waals surface area contributed by atoms with Crippen molar-refractivity contribution in [1.29, 1.82) is 0 Å². The molecule has 0 aromatic rings. The van der Waals surface area contributed by atoms with Gasteiger partial charge in [-0.1, -0.05) is 6.08 Å². The molecule has 1 saturated heterocycles. The van der Waals surface area contributed by atoms with Gasteiger partial charge in [0, 0.05) is 18.8 Å². The van der Waals surface area contributed by atoms with E-state index in [2.05, 4.69) is 16.5 Å². The minimum absolute atomic E-state index is 1.13. The summed E-state index contributed by atoms with van der Waals surface area (Å²) in [6.45, 7) is 2.34. The van der Waals surface area contributed by atoms with Gasteiger partial charge in [-0.3, -0.25) is 0 Å². The minimum Gasteiger partial charge on any atom is -0.313 e. The Morgan fingerprint density at radius 2 is 2.56 bits per heavy atom. The quantitative estimate of drug-likeness (QED) is 0.515. The zero-order chi connectivity index (χ0) is 6.10. The molecule has 0 aromatic heterocycles. The van der Waals surface area contributed by atoms with Crippen molar-refractivity contribution in [3.05, 3.63) is 11.8 Å². The molecule has 2 nitrogen and oxygen atoms in total. The topological polar surface area (TPSA) is 15.3 Å². The van der Waals surface area contributed by atoms with Gasteiger partial charge >= 0.3 is 0 Å². The van der Waals surface area contributed by atoms with Crippen molar-refractivity contribution in [1.82, 2.24) is 10.4 Å². The molecular weight excluding hydrogens is 112 g/mol. The van der Waals surface area contributed by atoms with E-state index in [1.54, 1.807) is 0 Å². The number of fused-ring (bicyclic) bond motifs is 1. The van der Waals surface area contributed by atoms with Crippen LogP contribution in [0.1, 0.15) is 19.3 Å². The van der Waals surface area contributed by atoms with Crippen LogP contribution in [0.5, 0.6) is 0 Å². The number of hydrazine groups is 1. The van der Waals surface area contributed by atoms with E-state index >= 15 is 0 Å². The van der Waals surface area contributed by atoms with Crippen molar-refractivity contribution in [3.63, 3.8) is 0 Å². The summed E-state index contributed by atoms with van der Waals surface area (Å²) >= 11 is 0. The summed E-state index contributed by atoms with van der Waals surface area (Å²) in [5.74, 6) is 0. The van der Waals surface area contributed by atoms with Crippen LogP contribution in [0.2, 0.25) is 0 Å². The van der Waals surface area contributed by atoms with Crippen molar-refractivity contribution in [2.24, 2.45) is 0 Å². The average Bonchev–Trinajstić information content (AvgIpc) is 2.33. The van der Waals surface area contributed by atoms with Gasteiger partial charge in [0.1, 0.15) is 0 Å².